The van der Waals surface area contributed by atoms with Gasteiger partial charge in [-0.1, -0.05) is 19.1 Å². The summed E-state index contributed by atoms with van der Waals surface area (Å²) in [5.74, 6) is -0.260. The Kier molecular flexibility index (Phi) is 2.77. The number of hydrogen-bond acceptors (Lipinski definition) is 2. The largest absolute Gasteiger partial charge is 0.387 e. The summed E-state index contributed by atoms with van der Waals surface area (Å²) in [5.41, 5.74) is 3.47. The Morgan fingerprint density at radius 1 is 1.38 bits per heavy atom. The molecule has 1 aromatic carbocycles. The van der Waals surface area contributed by atoms with Crippen molar-refractivity contribution in [3.8, 4) is 0 Å². The molecule has 0 saturated heterocycles. The minimum Gasteiger partial charge on any atom is -0.387 e. The molecule has 2 nitrogen and oxygen atoms in total. The van der Waals surface area contributed by atoms with E-state index in [2.05, 4.69) is 10.3 Å². The van der Waals surface area contributed by atoms with E-state index in [9.17, 15) is 4.39 Å². The molecule has 0 spiro atoms. The number of hydrogen-bond donors (Lipinski definition) is 1. The smallest absolute Gasteiger partial charge is 0.149 e. The summed E-state index contributed by atoms with van der Waals surface area (Å²) in [4.78, 5) is 4.39. The maximum Gasteiger partial charge on any atom is 0.149 e. The molecule has 0 aliphatic carbocycles. The molecular formula is C13H15FN2. The minimum atomic E-state index is -0.260. The van der Waals surface area contributed by atoms with Gasteiger partial charge in [-0.2, -0.15) is 0 Å². The third-order valence-electron chi connectivity index (χ3n) is 2.90. The summed E-state index contributed by atoms with van der Waals surface area (Å²) in [6.45, 7) is 4.05. The van der Waals surface area contributed by atoms with E-state index in [-0.39, 0.29) is 5.82 Å². The van der Waals surface area contributed by atoms with Crippen LogP contribution in [0.15, 0.2) is 18.2 Å². The van der Waals surface area contributed by atoms with Gasteiger partial charge in [0.25, 0.3) is 0 Å². The Morgan fingerprint density at radius 3 is 2.75 bits per heavy atom. The third-order valence-corrected chi connectivity index (χ3v) is 2.90. The number of aryl methyl sites for hydroxylation is 1. The molecule has 84 valence electrons. The van der Waals surface area contributed by atoms with E-state index in [1.807, 2.05) is 27.0 Å². The van der Waals surface area contributed by atoms with E-state index in [1.54, 1.807) is 6.07 Å². The van der Waals surface area contributed by atoms with Crippen LogP contribution in [0.2, 0.25) is 0 Å². The third kappa shape index (κ3) is 1.52. The van der Waals surface area contributed by atoms with Crippen LogP contribution in [0.3, 0.4) is 0 Å². The molecule has 3 heteroatoms. The van der Waals surface area contributed by atoms with Crippen LogP contribution in [0.4, 0.5) is 10.1 Å². The van der Waals surface area contributed by atoms with Crippen LogP contribution >= 0.6 is 0 Å². The highest BCUT2D eigenvalue weighted by Crippen LogP contribution is 2.29. The number of nitrogens with zero attached hydrogens (tertiary/aromatic N) is 1. The molecule has 0 bridgehead atoms. The second-order valence-corrected chi connectivity index (χ2v) is 3.80. The van der Waals surface area contributed by atoms with Crippen molar-refractivity contribution in [2.75, 3.05) is 12.4 Å². The molecule has 0 aliphatic rings. The summed E-state index contributed by atoms with van der Waals surface area (Å²) >= 11 is 0. The Hall–Kier alpha value is -1.64. The number of aromatic nitrogens is 1. The predicted octanol–water partition coefficient (Wildman–Crippen LogP) is 3.29. The molecule has 0 aliphatic heterocycles. The highest BCUT2D eigenvalue weighted by Gasteiger charge is 2.11. The summed E-state index contributed by atoms with van der Waals surface area (Å²) in [5, 5.41) is 3.98. The van der Waals surface area contributed by atoms with Crippen LogP contribution in [0.1, 0.15) is 18.2 Å². The Balaban J connectivity index is 2.89. The van der Waals surface area contributed by atoms with Gasteiger partial charge >= 0.3 is 0 Å². The Labute approximate surface area is 94.5 Å². The van der Waals surface area contributed by atoms with Crippen LogP contribution < -0.4 is 5.32 Å². The molecule has 0 unspecified atom stereocenters. The lowest BCUT2D eigenvalue weighted by Gasteiger charge is -2.13. The molecule has 2 aromatic rings. The molecule has 0 atom stereocenters. The lowest BCUT2D eigenvalue weighted by molar-refractivity contribution is 0.636. The monoisotopic (exact) mass is 218 g/mol. The summed E-state index contributed by atoms with van der Waals surface area (Å²) in [7, 11) is 1.85. The lowest BCUT2D eigenvalue weighted by Crippen LogP contribution is -2.01. The van der Waals surface area contributed by atoms with Gasteiger partial charge in [0.2, 0.25) is 0 Å². The fraction of sp³-hybridized carbons (Fsp3) is 0.308. The molecule has 2 rings (SSSR count). The van der Waals surface area contributed by atoms with E-state index in [0.29, 0.717) is 5.52 Å². The van der Waals surface area contributed by atoms with Gasteiger partial charge in [-0.3, -0.25) is 0 Å². The minimum absolute atomic E-state index is 0.260. The normalized spacial score (nSPS) is 10.8. The summed E-state index contributed by atoms with van der Waals surface area (Å²) in [6, 6.07) is 5.05. The lowest BCUT2D eigenvalue weighted by atomic mass is 10.1. The van der Waals surface area contributed by atoms with Gasteiger partial charge in [-0.05, 0) is 25.0 Å². The number of anilines is 1. The first kappa shape index (κ1) is 10.9. The Bertz CT molecular complexity index is 535. The van der Waals surface area contributed by atoms with Gasteiger partial charge in [0.1, 0.15) is 11.3 Å². The van der Waals surface area contributed by atoms with Gasteiger partial charge < -0.3 is 5.32 Å². The van der Waals surface area contributed by atoms with Gasteiger partial charge in [0.15, 0.2) is 0 Å². The summed E-state index contributed by atoms with van der Waals surface area (Å²) in [6.07, 6.45) is 0.810. The second kappa shape index (κ2) is 4.08. The maximum atomic E-state index is 13.7. The number of benzene rings is 1. The number of fused-ring (bicyclic) bond motifs is 1. The molecule has 1 N–H and O–H groups in total. The average Bonchev–Trinajstić information content (AvgIpc) is 2.29. The molecule has 1 heterocycles. The van der Waals surface area contributed by atoms with Crippen LogP contribution in [-0.4, -0.2) is 12.0 Å². The van der Waals surface area contributed by atoms with E-state index >= 15 is 0 Å². The molecule has 0 radical (unpaired) electrons. The van der Waals surface area contributed by atoms with Crippen molar-refractivity contribution >= 4 is 16.6 Å². The van der Waals surface area contributed by atoms with E-state index in [1.165, 1.54) is 6.07 Å². The molecular weight excluding hydrogens is 203 g/mol. The zero-order chi connectivity index (χ0) is 11.7. The second-order valence-electron chi connectivity index (χ2n) is 3.80. The van der Waals surface area contributed by atoms with Crippen molar-refractivity contribution in [3.05, 3.63) is 35.3 Å². The number of nitrogens with one attached hydrogen (secondary N) is 1. The van der Waals surface area contributed by atoms with Crippen LogP contribution in [0, 0.1) is 12.7 Å². The number of halogens is 1. The number of rotatable bonds is 2. The van der Waals surface area contributed by atoms with Gasteiger partial charge in [-0.15, -0.1) is 0 Å². The maximum absolute atomic E-state index is 13.7. The van der Waals surface area contributed by atoms with Crippen molar-refractivity contribution in [1.29, 1.82) is 0 Å². The first-order chi connectivity index (χ1) is 7.69. The summed E-state index contributed by atoms with van der Waals surface area (Å²) < 4.78 is 13.7. The predicted molar refractivity (Wildman–Crippen MR) is 65.4 cm³/mol. The van der Waals surface area contributed by atoms with Crippen molar-refractivity contribution in [2.24, 2.45) is 0 Å². The van der Waals surface area contributed by atoms with Crippen molar-refractivity contribution in [1.82, 2.24) is 4.98 Å². The zero-order valence-corrected chi connectivity index (χ0v) is 9.76. The van der Waals surface area contributed by atoms with Gasteiger partial charge in [-0.25, -0.2) is 9.37 Å². The Morgan fingerprint density at radius 2 is 2.12 bits per heavy atom. The number of para-hydroxylation sites is 1. The van der Waals surface area contributed by atoms with Crippen LogP contribution in [0.5, 0.6) is 0 Å². The molecule has 1 aromatic heterocycles. The van der Waals surface area contributed by atoms with Crippen LogP contribution in [-0.2, 0) is 6.42 Å². The highest BCUT2D eigenvalue weighted by molar-refractivity contribution is 5.93. The van der Waals surface area contributed by atoms with Crippen molar-refractivity contribution in [2.45, 2.75) is 20.3 Å². The highest BCUT2D eigenvalue weighted by atomic mass is 19.1. The zero-order valence-electron chi connectivity index (χ0n) is 9.76. The fourth-order valence-corrected chi connectivity index (χ4v) is 2.06. The van der Waals surface area contributed by atoms with Crippen molar-refractivity contribution in [3.63, 3.8) is 0 Å². The van der Waals surface area contributed by atoms with Gasteiger partial charge in [0.05, 0.1) is 0 Å². The first-order valence-corrected chi connectivity index (χ1v) is 5.44. The standard InChI is InChI=1S/C13H15FN2/c1-4-11-8(2)12(15-3)9-6-5-7-10(14)13(9)16-11/h5-7H,4H2,1-3H3,(H,15,16). The molecule has 0 fully saturated rings. The van der Waals surface area contributed by atoms with E-state index < -0.39 is 0 Å². The fourth-order valence-electron chi connectivity index (χ4n) is 2.06. The van der Waals surface area contributed by atoms with E-state index in [4.69, 9.17) is 0 Å². The molecule has 0 amide bonds. The van der Waals surface area contributed by atoms with E-state index in [0.717, 1.165) is 28.8 Å². The first-order valence-electron chi connectivity index (χ1n) is 5.44. The van der Waals surface area contributed by atoms with Gasteiger partial charge in [0, 0.05) is 23.8 Å². The number of pyridine rings is 1. The molecule has 0 saturated carbocycles. The average molecular weight is 218 g/mol. The van der Waals surface area contributed by atoms with Crippen LogP contribution in [0.25, 0.3) is 10.9 Å². The topological polar surface area (TPSA) is 24.9 Å². The van der Waals surface area contributed by atoms with Crippen molar-refractivity contribution < 1.29 is 4.39 Å². The quantitative estimate of drug-likeness (QED) is 0.836. The molecule has 16 heavy (non-hydrogen) atoms. The SMILES string of the molecule is CCc1nc2c(F)cccc2c(NC)c1C.